The lowest BCUT2D eigenvalue weighted by Crippen LogP contribution is -2.14. The van der Waals surface area contributed by atoms with E-state index in [-0.39, 0.29) is 12.0 Å². The maximum Gasteiger partial charge on any atom is 0.261 e. The van der Waals surface area contributed by atoms with E-state index in [1.807, 2.05) is 13.0 Å². The molecule has 98 valence electrons. The Morgan fingerprint density at radius 2 is 2.42 bits per heavy atom. The smallest absolute Gasteiger partial charge is 0.261 e. The highest BCUT2D eigenvalue weighted by molar-refractivity contribution is 7.13. The number of rotatable bonds is 2. The van der Waals surface area contributed by atoms with Gasteiger partial charge in [0.25, 0.3) is 5.91 Å². The number of anilines is 1. The number of hydrogen-bond donors (Lipinski definition) is 1. The number of halogens is 1. The number of thiazole rings is 1. The number of hydrogen-bond acceptors (Lipinski definition) is 4. The van der Waals surface area contributed by atoms with Crippen LogP contribution in [0.4, 0.5) is 5.13 Å². The standard InChI is InChI=1S/C13H11ClN2O2S/c1-7-4-8-5-9(14)6-10(11(8)18-7)12(17)16-13-15-2-3-19-13/h2-3,5-7H,4H2,1H3,(H,15,16,17)/t7-/m0/s1. The summed E-state index contributed by atoms with van der Waals surface area (Å²) in [7, 11) is 0. The highest BCUT2D eigenvalue weighted by atomic mass is 35.5. The minimum atomic E-state index is -0.247. The fourth-order valence-corrected chi connectivity index (χ4v) is 2.88. The summed E-state index contributed by atoms with van der Waals surface area (Å²) in [5.41, 5.74) is 1.44. The van der Waals surface area contributed by atoms with Gasteiger partial charge >= 0.3 is 0 Å². The molecule has 0 spiro atoms. The largest absolute Gasteiger partial charge is 0.489 e. The van der Waals surface area contributed by atoms with Crippen LogP contribution < -0.4 is 10.1 Å². The second-order valence-electron chi connectivity index (χ2n) is 4.37. The summed E-state index contributed by atoms with van der Waals surface area (Å²) in [6.45, 7) is 1.97. The van der Waals surface area contributed by atoms with Gasteiger partial charge in [0.1, 0.15) is 11.9 Å². The lowest BCUT2D eigenvalue weighted by molar-refractivity contribution is 0.102. The molecule has 0 saturated heterocycles. The SMILES string of the molecule is C[C@H]1Cc2cc(Cl)cc(C(=O)Nc3nccs3)c2O1. The fraction of sp³-hybridized carbons (Fsp3) is 0.231. The van der Waals surface area contributed by atoms with E-state index in [9.17, 15) is 4.79 Å². The van der Waals surface area contributed by atoms with Gasteiger partial charge in [0.15, 0.2) is 5.13 Å². The number of amides is 1. The first-order chi connectivity index (χ1) is 9.13. The molecular formula is C13H11ClN2O2S. The van der Waals surface area contributed by atoms with Crippen molar-refractivity contribution in [2.24, 2.45) is 0 Å². The molecule has 6 heteroatoms. The van der Waals surface area contributed by atoms with Crippen LogP contribution in [0.2, 0.25) is 5.02 Å². The molecule has 0 fully saturated rings. The van der Waals surface area contributed by atoms with Gasteiger partial charge in [-0.15, -0.1) is 11.3 Å². The van der Waals surface area contributed by atoms with E-state index in [0.717, 1.165) is 12.0 Å². The summed E-state index contributed by atoms with van der Waals surface area (Å²) in [5.74, 6) is 0.383. The first kappa shape index (κ1) is 12.4. The normalized spacial score (nSPS) is 16.8. The van der Waals surface area contributed by atoms with Gasteiger partial charge in [0, 0.05) is 28.6 Å². The van der Waals surface area contributed by atoms with Crippen LogP contribution in [0.15, 0.2) is 23.7 Å². The van der Waals surface area contributed by atoms with Crippen molar-refractivity contribution >= 4 is 34.0 Å². The van der Waals surface area contributed by atoms with Gasteiger partial charge in [-0.2, -0.15) is 0 Å². The summed E-state index contributed by atoms with van der Waals surface area (Å²) in [5, 5.41) is 5.64. The number of aromatic nitrogens is 1. The Balaban J connectivity index is 1.95. The van der Waals surface area contributed by atoms with Gasteiger partial charge in [0.2, 0.25) is 0 Å². The van der Waals surface area contributed by atoms with E-state index in [4.69, 9.17) is 16.3 Å². The molecule has 1 N–H and O–H groups in total. The molecule has 2 aromatic rings. The van der Waals surface area contributed by atoms with E-state index in [2.05, 4.69) is 10.3 Å². The highest BCUT2D eigenvalue weighted by Gasteiger charge is 2.26. The second kappa shape index (κ2) is 4.83. The second-order valence-corrected chi connectivity index (χ2v) is 5.70. The molecular weight excluding hydrogens is 284 g/mol. The van der Waals surface area contributed by atoms with Crippen molar-refractivity contribution in [1.29, 1.82) is 0 Å². The number of benzene rings is 1. The molecule has 1 atom stereocenters. The maximum atomic E-state index is 12.2. The number of nitrogens with one attached hydrogen (secondary N) is 1. The van der Waals surface area contributed by atoms with Gasteiger partial charge in [-0.3, -0.25) is 10.1 Å². The summed E-state index contributed by atoms with van der Waals surface area (Å²) < 4.78 is 5.70. The van der Waals surface area contributed by atoms with Gasteiger partial charge in [-0.1, -0.05) is 11.6 Å². The van der Waals surface area contributed by atoms with Crippen LogP contribution in [-0.2, 0) is 6.42 Å². The zero-order valence-electron chi connectivity index (χ0n) is 10.1. The average Bonchev–Trinajstić information content (AvgIpc) is 2.96. The Hall–Kier alpha value is -1.59. The molecule has 1 aliphatic rings. The summed E-state index contributed by atoms with van der Waals surface area (Å²) >= 11 is 7.42. The van der Waals surface area contributed by atoms with E-state index in [1.165, 1.54) is 11.3 Å². The molecule has 0 saturated carbocycles. The summed E-state index contributed by atoms with van der Waals surface area (Å²) in [6.07, 6.45) is 2.48. The highest BCUT2D eigenvalue weighted by Crippen LogP contribution is 2.35. The number of nitrogens with zero attached hydrogens (tertiary/aromatic N) is 1. The lowest BCUT2D eigenvalue weighted by Gasteiger charge is -2.09. The first-order valence-corrected chi connectivity index (χ1v) is 7.09. The Morgan fingerprint density at radius 3 is 3.16 bits per heavy atom. The van der Waals surface area contributed by atoms with Crippen molar-refractivity contribution in [3.8, 4) is 5.75 Å². The van der Waals surface area contributed by atoms with Crippen molar-refractivity contribution in [2.45, 2.75) is 19.4 Å². The Bertz CT molecular complexity index is 628. The van der Waals surface area contributed by atoms with Crippen LogP contribution in [0.5, 0.6) is 5.75 Å². The van der Waals surface area contributed by atoms with E-state index >= 15 is 0 Å². The van der Waals surface area contributed by atoms with Crippen LogP contribution >= 0.6 is 22.9 Å². The van der Waals surface area contributed by atoms with Crippen molar-refractivity contribution in [2.75, 3.05) is 5.32 Å². The van der Waals surface area contributed by atoms with Crippen LogP contribution in [0, 0.1) is 0 Å². The first-order valence-electron chi connectivity index (χ1n) is 5.83. The van der Waals surface area contributed by atoms with Gasteiger partial charge in [-0.25, -0.2) is 4.98 Å². The van der Waals surface area contributed by atoms with E-state index < -0.39 is 0 Å². The number of ether oxygens (including phenoxy) is 1. The van der Waals surface area contributed by atoms with Gasteiger partial charge in [-0.05, 0) is 19.1 Å². The third-order valence-corrected chi connectivity index (χ3v) is 3.76. The zero-order chi connectivity index (χ0) is 13.4. The topological polar surface area (TPSA) is 51.2 Å². The van der Waals surface area contributed by atoms with Crippen LogP contribution in [0.1, 0.15) is 22.8 Å². The van der Waals surface area contributed by atoms with Crippen molar-refractivity contribution < 1.29 is 9.53 Å². The summed E-state index contributed by atoms with van der Waals surface area (Å²) in [4.78, 5) is 16.3. The van der Waals surface area contributed by atoms with Crippen LogP contribution in [-0.4, -0.2) is 17.0 Å². The van der Waals surface area contributed by atoms with E-state index in [1.54, 1.807) is 17.6 Å². The molecule has 0 unspecified atom stereocenters. The Labute approximate surface area is 119 Å². The van der Waals surface area contributed by atoms with Crippen molar-refractivity contribution in [3.63, 3.8) is 0 Å². The third kappa shape index (κ3) is 2.43. The number of fused-ring (bicyclic) bond motifs is 1. The Kier molecular flexibility index (Phi) is 3.16. The molecule has 1 aromatic heterocycles. The molecule has 0 bridgehead atoms. The van der Waals surface area contributed by atoms with E-state index in [0.29, 0.717) is 21.5 Å². The summed E-state index contributed by atoms with van der Waals surface area (Å²) in [6, 6.07) is 3.47. The monoisotopic (exact) mass is 294 g/mol. The minimum Gasteiger partial charge on any atom is -0.489 e. The number of carbonyl (C=O) groups is 1. The van der Waals surface area contributed by atoms with Crippen LogP contribution in [0.25, 0.3) is 0 Å². The predicted octanol–water partition coefficient (Wildman–Crippen LogP) is 3.37. The zero-order valence-corrected chi connectivity index (χ0v) is 11.7. The predicted molar refractivity (Wildman–Crippen MR) is 75.3 cm³/mol. The molecule has 1 aliphatic heterocycles. The van der Waals surface area contributed by atoms with Crippen LogP contribution in [0.3, 0.4) is 0 Å². The molecule has 3 rings (SSSR count). The Morgan fingerprint density at radius 1 is 1.58 bits per heavy atom. The number of carbonyl (C=O) groups excluding carboxylic acids is 1. The fourth-order valence-electron chi connectivity index (χ4n) is 2.11. The lowest BCUT2D eigenvalue weighted by atomic mass is 10.1. The molecule has 0 aliphatic carbocycles. The van der Waals surface area contributed by atoms with Crippen molar-refractivity contribution in [1.82, 2.24) is 4.98 Å². The molecule has 1 amide bonds. The quantitative estimate of drug-likeness (QED) is 0.924. The molecule has 4 nitrogen and oxygen atoms in total. The average molecular weight is 295 g/mol. The molecule has 19 heavy (non-hydrogen) atoms. The molecule has 0 radical (unpaired) electrons. The minimum absolute atomic E-state index is 0.0693. The van der Waals surface area contributed by atoms with Gasteiger partial charge in [0.05, 0.1) is 5.56 Å². The molecule has 1 aromatic carbocycles. The maximum absolute atomic E-state index is 12.2. The third-order valence-electron chi connectivity index (χ3n) is 2.85. The van der Waals surface area contributed by atoms with Gasteiger partial charge < -0.3 is 4.74 Å². The molecule has 2 heterocycles. The van der Waals surface area contributed by atoms with Crippen molar-refractivity contribution in [3.05, 3.63) is 39.9 Å².